The molecule has 6 rings (SSSR count). The van der Waals surface area contributed by atoms with Crippen LogP contribution < -0.4 is 10.4 Å². The molecule has 2 aromatic heterocycles. The van der Waals surface area contributed by atoms with Crippen LogP contribution in [-0.4, -0.2) is 23.9 Å². The maximum atomic E-state index is 12.2. The van der Waals surface area contributed by atoms with Gasteiger partial charge >= 0.3 is 0 Å². The van der Waals surface area contributed by atoms with Crippen LogP contribution in [0, 0.1) is 16.9 Å². The van der Waals surface area contributed by atoms with Crippen LogP contribution in [0.2, 0.25) is 13.1 Å². The summed E-state index contributed by atoms with van der Waals surface area (Å²) < 4.78 is 2.73. The largest absolute Gasteiger partial charge is 0.512 e. The van der Waals surface area contributed by atoms with E-state index in [1.54, 1.807) is 0 Å². The molecule has 1 N–H and O–H groups in total. The molecule has 0 aliphatic carbocycles. The summed E-state index contributed by atoms with van der Waals surface area (Å²) in [6.07, 6.45) is 6.79. The number of carbonyl (C=O) groups is 1. The second-order valence-electron chi connectivity index (χ2n) is 13.0. The molecule has 44 heavy (non-hydrogen) atoms. The first-order valence-electron chi connectivity index (χ1n) is 15.7. The van der Waals surface area contributed by atoms with E-state index in [0.29, 0.717) is 0 Å². The predicted molar refractivity (Wildman–Crippen MR) is 189 cm³/mol. The van der Waals surface area contributed by atoms with Crippen molar-refractivity contribution in [2.45, 2.75) is 80.3 Å². The maximum absolute atomic E-state index is 12.2. The van der Waals surface area contributed by atoms with Gasteiger partial charge in [0.15, 0.2) is 5.78 Å². The number of aliphatic hydroxyl groups is 1. The van der Waals surface area contributed by atoms with Crippen LogP contribution in [0.1, 0.15) is 67.2 Å². The monoisotopic (exact) mass is 799 g/mol. The Morgan fingerprint density at radius 3 is 2.20 bits per heavy atom. The van der Waals surface area contributed by atoms with E-state index < -0.39 is 8.07 Å². The quantitative estimate of drug-likeness (QED) is 0.0773. The summed E-state index contributed by atoms with van der Waals surface area (Å²) in [7, 11) is -1.94. The summed E-state index contributed by atoms with van der Waals surface area (Å²) in [6.45, 7) is 17.0. The van der Waals surface area contributed by atoms with Gasteiger partial charge in [-0.2, -0.15) is 11.3 Å². The molecule has 0 amide bonds. The van der Waals surface area contributed by atoms with E-state index in [1.807, 2.05) is 59.1 Å². The van der Waals surface area contributed by atoms with E-state index in [1.165, 1.54) is 53.0 Å². The number of nitrogens with zero attached hydrogens (tertiary/aromatic N) is 1. The molecule has 1 aliphatic rings. The van der Waals surface area contributed by atoms with E-state index in [0.717, 1.165) is 31.4 Å². The van der Waals surface area contributed by atoms with Gasteiger partial charge in [0.05, 0.1) is 0 Å². The number of fused-ring (bicyclic) bond motifs is 4. The standard InChI is InChI=1S/C23H16NSSi.C15H28O2.Ir/c1-26(2)19-12-6-11-18-21(19)20-16(9-5-10-17(20)25-18)22-23(26)15-8-4-3-7-14(15)13-24-22;1-7-14(5,8-2)12(16)11-13(17)15(6,9-3)10-4;/h3-8,10-13H,1-2H3;11,16H,7-10H2,1-6H3;/q-1;;/b;12-11-;. The third kappa shape index (κ3) is 5.64. The number of rotatable bonds is 7. The number of pyridine rings is 1. The van der Waals surface area contributed by atoms with E-state index in [2.05, 4.69) is 73.8 Å². The number of hydrogen-bond donors (Lipinski definition) is 1. The van der Waals surface area contributed by atoms with Crippen molar-refractivity contribution < 1.29 is 30.0 Å². The van der Waals surface area contributed by atoms with Crippen molar-refractivity contribution in [3.8, 4) is 11.3 Å². The second kappa shape index (κ2) is 13.0. The van der Waals surface area contributed by atoms with Gasteiger partial charge in [0.25, 0.3) is 0 Å². The van der Waals surface area contributed by atoms with Gasteiger partial charge in [-0.05, 0) is 58.3 Å². The fourth-order valence-corrected chi connectivity index (χ4v) is 10.9. The number of hydrogen-bond acceptors (Lipinski definition) is 4. The number of ketones is 1. The Hall–Kier alpha value is -2.63. The summed E-state index contributed by atoms with van der Waals surface area (Å²) in [6, 6.07) is 23.4. The van der Waals surface area contributed by atoms with Crippen molar-refractivity contribution in [2.24, 2.45) is 10.8 Å². The average molecular weight is 799 g/mol. The van der Waals surface area contributed by atoms with Crippen molar-refractivity contribution >= 4 is 66.5 Å². The Bertz CT molecular complexity index is 1860. The molecular formula is C38H44IrNO2SSi-. The number of thiophene rings is 1. The minimum absolute atomic E-state index is 0. The molecule has 5 aromatic rings. The molecule has 233 valence electrons. The van der Waals surface area contributed by atoms with E-state index >= 15 is 0 Å². The van der Waals surface area contributed by atoms with Crippen LogP contribution in [-0.2, 0) is 24.9 Å². The molecule has 0 saturated heterocycles. The molecular weight excluding hydrogens is 755 g/mol. The first-order chi connectivity index (χ1) is 20.5. The SMILES string of the molecule is CCC(C)(CC)C(=O)/C=C(\O)C(C)(CC)CC.C[Si]1(C)c2c(ncc3ccccc23)-c2[c-]ccc3sc4cccc1c4c23.[Ir]. The van der Waals surface area contributed by atoms with Crippen LogP contribution in [0.4, 0.5) is 0 Å². The van der Waals surface area contributed by atoms with Gasteiger partial charge in [0.2, 0.25) is 0 Å². The summed E-state index contributed by atoms with van der Waals surface area (Å²) >= 11 is 1.89. The van der Waals surface area contributed by atoms with Gasteiger partial charge in [-0.25, -0.2) is 0 Å². The Labute approximate surface area is 281 Å². The number of allylic oxidation sites excluding steroid dienone is 2. The van der Waals surface area contributed by atoms with Crippen molar-refractivity contribution in [1.82, 2.24) is 4.98 Å². The molecule has 0 spiro atoms. The van der Waals surface area contributed by atoms with E-state index in [4.69, 9.17) is 4.98 Å². The molecule has 1 aliphatic heterocycles. The van der Waals surface area contributed by atoms with Crippen LogP contribution in [0.5, 0.6) is 0 Å². The molecule has 0 fully saturated rings. The van der Waals surface area contributed by atoms with E-state index in [-0.39, 0.29) is 42.5 Å². The molecule has 0 bridgehead atoms. The third-order valence-corrected chi connectivity index (χ3v) is 15.0. The first-order valence-corrected chi connectivity index (χ1v) is 19.5. The minimum atomic E-state index is -1.94. The summed E-state index contributed by atoms with van der Waals surface area (Å²) in [5, 5.41) is 18.5. The molecule has 0 saturated carbocycles. The number of benzene rings is 3. The van der Waals surface area contributed by atoms with Crippen molar-refractivity contribution in [3.63, 3.8) is 0 Å². The Kier molecular flexibility index (Phi) is 10.1. The zero-order chi connectivity index (χ0) is 31.2. The molecule has 3 aromatic carbocycles. The Morgan fingerprint density at radius 2 is 1.55 bits per heavy atom. The zero-order valence-corrected chi connectivity index (χ0v) is 31.4. The number of carbonyl (C=O) groups excluding carboxylic acids is 1. The molecule has 0 atom stereocenters. The molecule has 0 unspecified atom stereocenters. The van der Waals surface area contributed by atoms with Gasteiger partial charge < -0.3 is 10.1 Å². The van der Waals surface area contributed by atoms with Crippen molar-refractivity contribution in [2.75, 3.05) is 0 Å². The van der Waals surface area contributed by atoms with Crippen molar-refractivity contribution in [1.29, 1.82) is 0 Å². The summed E-state index contributed by atoms with van der Waals surface area (Å²) in [5.41, 5.74) is 1.72. The minimum Gasteiger partial charge on any atom is -0.512 e. The number of aromatic nitrogens is 1. The van der Waals surface area contributed by atoms with Crippen LogP contribution in [0.25, 0.3) is 42.2 Å². The van der Waals surface area contributed by atoms with Gasteiger partial charge in [-0.15, -0.1) is 23.8 Å². The third-order valence-electron chi connectivity index (χ3n) is 10.4. The van der Waals surface area contributed by atoms with E-state index in [9.17, 15) is 9.90 Å². The average Bonchev–Trinajstić information content (AvgIpc) is 3.38. The normalized spacial score (nSPS) is 14.1. The Balaban J connectivity index is 0.000000218. The maximum Gasteiger partial charge on any atom is 0.164 e. The first kappa shape index (κ1) is 34.2. The molecule has 3 nitrogen and oxygen atoms in total. The van der Waals surface area contributed by atoms with Crippen LogP contribution in [0.3, 0.4) is 0 Å². The van der Waals surface area contributed by atoms with Crippen LogP contribution >= 0.6 is 11.3 Å². The van der Waals surface area contributed by atoms with Gasteiger partial charge in [-0.3, -0.25) is 4.79 Å². The molecule has 3 heterocycles. The summed E-state index contributed by atoms with van der Waals surface area (Å²) in [5.74, 6) is 0.286. The van der Waals surface area contributed by atoms with Gasteiger partial charge in [0.1, 0.15) is 13.8 Å². The molecule has 6 heteroatoms. The van der Waals surface area contributed by atoms with Crippen LogP contribution in [0.15, 0.2) is 72.6 Å². The summed E-state index contributed by atoms with van der Waals surface area (Å²) in [4.78, 5) is 17.2. The molecule has 1 radical (unpaired) electrons. The Morgan fingerprint density at radius 1 is 0.909 bits per heavy atom. The van der Waals surface area contributed by atoms with Crippen molar-refractivity contribution in [3.05, 3.63) is 78.7 Å². The van der Waals surface area contributed by atoms with Gasteiger partial charge in [0, 0.05) is 47.9 Å². The second-order valence-corrected chi connectivity index (χ2v) is 18.4. The fraction of sp³-hybridized carbons (Fsp3) is 0.368. The smallest absolute Gasteiger partial charge is 0.164 e. The zero-order valence-electron chi connectivity index (χ0n) is 27.2. The number of aliphatic hydroxyl groups excluding tert-OH is 1. The topological polar surface area (TPSA) is 50.2 Å². The fourth-order valence-electron chi connectivity index (χ4n) is 6.32. The predicted octanol–water partition coefficient (Wildman–Crippen LogP) is 9.85. The van der Waals surface area contributed by atoms with Gasteiger partial charge in [-0.1, -0.05) is 107 Å².